The maximum atomic E-state index is 12.6. The number of benzene rings is 1. The van der Waals surface area contributed by atoms with Crippen molar-refractivity contribution in [3.05, 3.63) is 57.2 Å². The van der Waals surface area contributed by atoms with Crippen molar-refractivity contribution in [3.63, 3.8) is 0 Å². The molecule has 0 aliphatic carbocycles. The average molecular weight is 376 g/mol. The quantitative estimate of drug-likeness (QED) is 0.701. The van der Waals surface area contributed by atoms with E-state index >= 15 is 0 Å². The zero-order valence-corrected chi connectivity index (χ0v) is 14.2. The lowest BCUT2D eigenvalue weighted by Crippen LogP contribution is -2.21. The van der Waals surface area contributed by atoms with Gasteiger partial charge in [0.15, 0.2) is 5.65 Å². The Hall–Kier alpha value is -2.41. The van der Waals surface area contributed by atoms with Gasteiger partial charge in [0.1, 0.15) is 17.8 Å². The van der Waals surface area contributed by atoms with Crippen LogP contribution in [0.3, 0.4) is 0 Å². The molecule has 0 atom stereocenters. The van der Waals surface area contributed by atoms with Crippen LogP contribution in [0.15, 0.2) is 46.1 Å². The Morgan fingerprint density at radius 3 is 2.70 bits per heavy atom. The standard InChI is InChI=1S/C16H14BrN3O3/c1-22-13-7-12(17)14(23-2)6-10(13)8-20-9-19-15-11(16(20)21)4-3-5-18-15/h3-7,9H,8H2,1-2H3. The first-order valence-electron chi connectivity index (χ1n) is 6.84. The molecule has 0 amide bonds. The van der Waals surface area contributed by atoms with Crippen molar-refractivity contribution in [2.24, 2.45) is 0 Å². The van der Waals surface area contributed by atoms with E-state index in [1.54, 1.807) is 32.5 Å². The van der Waals surface area contributed by atoms with E-state index in [1.807, 2.05) is 12.1 Å². The molecule has 0 aliphatic rings. The lowest BCUT2D eigenvalue weighted by molar-refractivity contribution is 0.395. The van der Waals surface area contributed by atoms with Crippen molar-refractivity contribution in [3.8, 4) is 11.5 Å². The number of hydrogen-bond donors (Lipinski definition) is 0. The number of fused-ring (bicyclic) bond motifs is 1. The Kier molecular flexibility index (Phi) is 4.29. The summed E-state index contributed by atoms with van der Waals surface area (Å²) in [5, 5.41) is 0.484. The predicted octanol–water partition coefficient (Wildman–Crippen LogP) is 2.62. The zero-order valence-electron chi connectivity index (χ0n) is 12.6. The van der Waals surface area contributed by atoms with Crippen LogP contribution in [-0.2, 0) is 6.54 Å². The van der Waals surface area contributed by atoms with Crippen LogP contribution < -0.4 is 15.0 Å². The third-order valence-electron chi connectivity index (χ3n) is 3.49. The lowest BCUT2D eigenvalue weighted by Gasteiger charge is -2.13. The van der Waals surface area contributed by atoms with Crippen molar-refractivity contribution < 1.29 is 9.47 Å². The van der Waals surface area contributed by atoms with Crippen LogP contribution in [0, 0.1) is 0 Å². The number of methoxy groups -OCH3 is 2. The average Bonchev–Trinajstić information content (AvgIpc) is 2.58. The van der Waals surface area contributed by atoms with Gasteiger partial charge >= 0.3 is 0 Å². The molecule has 0 aliphatic heterocycles. The fraction of sp³-hybridized carbons (Fsp3) is 0.188. The molecule has 6 nitrogen and oxygen atoms in total. The second-order valence-corrected chi connectivity index (χ2v) is 5.71. The van der Waals surface area contributed by atoms with Crippen LogP contribution in [0.25, 0.3) is 11.0 Å². The summed E-state index contributed by atoms with van der Waals surface area (Å²) in [5.74, 6) is 1.33. The SMILES string of the molecule is COc1cc(Cn2cnc3ncccc3c2=O)c(OC)cc1Br. The van der Waals surface area contributed by atoms with E-state index in [-0.39, 0.29) is 5.56 Å². The normalized spacial score (nSPS) is 10.7. The molecule has 0 saturated carbocycles. The summed E-state index contributed by atoms with van der Waals surface area (Å²) in [6.07, 6.45) is 3.10. The molecule has 0 unspecified atom stereocenters. The summed E-state index contributed by atoms with van der Waals surface area (Å²) >= 11 is 3.42. The predicted molar refractivity (Wildman–Crippen MR) is 90.1 cm³/mol. The molecule has 2 heterocycles. The zero-order chi connectivity index (χ0) is 16.4. The van der Waals surface area contributed by atoms with Crippen molar-refractivity contribution in [2.75, 3.05) is 14.2 Å². The number of aromatic nitrogens is 3. The highest BCUT2D eigenvalue weighted by atomic mass is 79.9. The van der Waals surface area contributed by atoms with Gasteiger partial charge in [0.25, 0.3) is 5.56 Å². The van der Waals surface area contributed by atoms with Crippen molar-refractivity contribution >= 4 is 27.0 Å². The number of ether oxygens (including phenoxy) is 2. The molecular formula is C16H14BrN3O3. The first-order valence-corrected chi connectivity index (χ1v) is 7.64. The summed E-state index contributed by atoms with van der Waals surface area (Å²) in [7, 11) is 3.18. The maximum Gasteiger partial charge on any atom is 0.263 e. The van der Waals surface area contributed by atoms with Crippen LogP contribution >= 0.6 is 15.9 Å². The number of hydrogen-bond acceptors (Lipinski definition) is 5. The molecule has 118 valence electrons. The van der Waals surface area contributed by atoms with Crippen LogP contribution in [0.4, 0.5) is 0 Å². The molecule has 3 aromatic rings. The van der Waals surface area contributed by atoms with Gasteiger partial charge in [-0.25, -0.2) is 9.97 Å². The van der Waals surface area contributed by atoms with Gasteiger partial charge in [-0.1, -0.05) is 0 Å². The number of rotatable bonds is 4. The first kappa shape index (κ1) is 15.5. The van der Waals surface area contributed by atoms with E-state index in [1.165, 1.54) is 10.9 Å². The van der Waals surface area contributed by atoms with Gasteiger partial charge in [-0.05, 0) is 40.2 Å². The van der Waals surface area contributed by atoms with Crippen LogP contribution in [0.5, 0.6) is 11.5 Å². The van der Waals surface area contributed by atoms with E-state index in [4.69, 9.17) is 9.47 Å². The summed E-state index contributed by atoms with van der Waals surface area (Å²) in [6, 6.07) is 7.09. The second-order valence-electron chi connectivity index (χ2n) is 4.85. The third-order valence-corrected chi connectivity index (χ3v) is 4.11. The molecule has 0 N–H and O–H groups in total. The van der Waals surface area contributed by atoms with E-state index in [9.17, 15) is 4.79 Å². The van der Waals surface area contributed by atoms with Gasteiger partial charge in [-0.2, -0.15) is 0 Å². The molecule has 7 heteroatoms. The first-order chi connectivity index (χ1) is 11.1. The van der Waals surface area contributed by atoms with Gasteiger partial charge in [0.05, 0.1) is 30.6 Å². The van der Waals surface area contributed by atoms with Crippen LogP contribution in [-0.4, -0.2) is 28.8 Å². The summed E-state index contributed by atoms with van der Waals surface area (Å²) in [5.41, 5.74) is 1.11. The summed E-state index contributed by atoms with van der Waals surface area (Å²) < 4.78 is 13.0. The largest absolute Gasteiger partial charge is 0.496 e. The van der Waals surface area contributed by atoms with Gasteiger partial charge < -0.3 is 9.47 Å². The molecule has 0 saturated heterocycles. The molecule has 2 aromatic heterocycles. The lowest BCUT2D eigenvalue weighted by atomic mass is 10.2. The molecular weight excluding hydrogens is 362 g/mol. The van der Waals surface area contributed by atoms with Crippen molar-refractivity contribution in [1.82, 2.24) is 14.5 Å². The molecule has 0 radical (unpaired) electrons. The van der Waals surface area contributed by atoms with Crippen molar-refractivity contribution in [1.29, 1.82) is 0 Å². The smallest absolute Gasteiger partial charge is 0.263 e. The number of halogens is 1. The van der Waals surface area contributed by atoms with E-state index < -0.39 is 0 Å². The van der Waals surface area contributed by atoms with Gasteiger partial charge in [0.2, 0.25) is 0 Å². The Balaban J connectivity index is 2.09. The van der Waals surface area contributed by atoms with Crippen LogP contribution in [0.1, 0.15) is 5.56 Å². The van der Waals surface area contributed by atoms with E-state index in [0.717, 1.165) is 10.0 Å². The highest BCUT2D eigenvalue weighted by Crippen LogP contribution is 2.33. The Bertz CT molecular complexity index is 924. The molecule has 1 aromatic carbocycles. The minimum absolute atomic E-state index is 0.146. The topological polar surface area (TPSA) is 66.2 Å². The Morgan fingerprint density at radius 1 is 1.17 bits per heavy atom. The molecule has 0 bridgehead atoms. The maximum absolute atomic E-state index is 12.6. The second kappa shape index (κ2) is 6.37. The van der Waals surface area contributed by atoms with Gasteiger partial charge in [-0.15, -0.1) is 0 Å². The monoisotopic (exact) mass is 375 g/mol. The van der Waals surface area contributed by atoms with E-state index in [2.05, 4.69) is 25.9 Å². The Labute approximate surface area is 140 Å². The Morgan fingerprint density at radius 2 is 1.96 bits per heavy atom. The van der Waals surface area contributed by atoms with E-state index in [0.29, 0.717) is 29.1 Å². The number of pyridine rings is 1. The third kappa shape index (κ3) is 2.92. The molecule has 23 heavy (non-hydrogen) atoms. The minimum atomic E-state index is -0.146. The summed E-state index contributed by atoms with van der Waals surface area (Å²) in [6.45, 7) is 0.323. The van der Waals surface area contributed by atoms with Crippen LogP contribution in [0.2, 0.25) is 0 Å². The molecule has 0 spiro atoms. The minimum Gasteiger partial charge on any atom is -0.496 e. The summed E-state index contributed by atoms with van der Waals surface area (Å²) in [4.78, 5) is 20.9. The highest BCUT2D eigenvalue weighted by molar-refractivity contribution is 9.10. The fourth-order valence-corrected chi connectivity index (χ4v) is 2.83. The molecule has 3 rings (SSSR count). The highest BCUT2D eigenvalue weighted by Gasteiger charge is 2.12. The number of nitrogens with zero attached hydrogens (tertiary/aromatic N) is 3. The fourth-order valence-electron chi connectivity index (χ4n) is 2.34. The molecule has 0 fully saturated rings. The van der Waals surface area contributed by atoms with Crippen molar-refractivity contribution in [2.45, 2.75) is 6.54 Å². The van der Waals surface area contributed by atoms with Gasteiger partial charge in [0, 0.05) is 11.8 Å². The van der Waals surface area contributed by atoms with Gasteiger partial charge in [-0.3, -0.25) is 9.36 Å².